The highest BCUT2D eigenvalue weighted by molar-refractivity contribution is 5.16. The quantitative estimate of drug-likeness (QED) is 0.420. The second-order valence-electron chi connectivity index (χ2n) is 13.2. The topological polar surface area (TPSA) is 0 Å². The lowest BCUT2D eigenvalue weighted by Gasteiger charge is -2.73. The van der Waals surface area contributed by atoms with Crippen LogP contribution in [0.25, 0.3) is 0 Å². The molecule has 4 aliphatic rings. The summed E-state index contributed by atoms with van der Waals surface area (Å²) >= 11 is 0. The van der Waals surface area contributed by atoms with Gasteiger partial charge in [0, 0.05) is 0 Å². The van der Waals surface area contributed by atoms with Crippen LogP contribution in [0.15, 0.2) is 0 Å². The summed E-state index contributed by atoms with van der Waals surface area (Å²) < 4.78 is 0. The third-order valence-corrected chi connectivity index (χ3v) is 12.3. The third-order valence-electron chi connectivity index (χ3n) is 12.3. The lowest BCUT2D eigenvalue weighted by molar-refractivity contribution is -0.250. The average molecular weight is 415 g/mol. The SMILES string of the molecule is CCCCC1C2CCCCC2C(C)(C2CCCCC2)C(C)(C)C1(C)C1CCCCC1. The molecular formula is C30H54. The molecule has 0 N–H and O–H groups in total. The van der Waals surface area contributed by atoms with Gasteiger partial charge in [-0.15, -0.1) is 0 Å². The Bertz CT molecular complexity index is 548. The van der Waals surface area contributed by atoms with Gasteiger partial charge in [0.2, 0.25) is 0 Å². The zero-order valence-corrected chi connectivity index (χ0v) is 21.4. The standard InChI is InChI=1S/C30H54/c1-6-7-21-26-25-20-14-15-22-27(25)30(5,24-18-12-9-13-19-24)28(2,3)29(26,4)23-16-10-8-11-17-23/h23-27H,6-22H2,1-5H3. The van der Waals surface area contributed by atoms with Crippen LogP contribution in [0.5, 0.6) is 0 Å². The lowest BCUT2D eigenvalue weighted by Crippen LogP contribution is -2.67. The molecule has 0 nitrogen and oxygen atoms in total. The minimum Gasteiger partial charge on any atom is -0.0654 e. The van der Waals surface area contributed by atoms with E-state index in [1.54, 1.807) is 12.8 Å². The first-order valence-corrected chi connectivity index (χ1v) is 14.4. The zero-order valence-electron chi connectivity index (χ0n) is 21.4. The first-order chi connectivity index (χ1) is 14.4. The normalized spacial score (nSPS) is 43.3. The summed E-state index contributed by atoms with van der Waals surface area (Å²) in [6.45, 7) is 13.7. The molecule has 5 atom stereocenters. The van der Waals surface area contributed by atoms with Crippen LogP contribution in [0.2, 0.25) is 0 Å². The first kappa shape index (κ1) is 23.2. The molecule has 30 heavy (non-hydrogen) atoms. The zero-order chi connectivity index (χ0) is 21.4. The molecule has 0 bridgehead atoms. The molecule has 0 heterocycles. The van der Waals surface area contributed by atoms with Crippen molar-refractivity contribution in [3.05, 3.63) is 0 Å². The van der Waals surface area contributed by atoms with Crippen LogP contribution in [0, 0.1) is 45.8 Å². The summed E-state index contributed by atoms with van der Waals surface area (Å²) in [7, 11) is 0. The number of unbranched alkanes of at least 4 members (excludes halogenated alkanes) is 1. The van der Waals surface area contributed by atoms with Gasteiger partial charge in [-0.2, -0.15) is 0 Å². The fourth-order valence-corrected chi connectivity index (χ4v) is 10.3. The Balaban J connectivity index is 1.81. The van der Waals surface area contributed by atoms with Gasteiger partial charge in [-0.3, -0.25) is 0 Å². The fraction of sp³-hybridized carbons (Fsp3) is 1.00. The second-order valence-corrected chi connectivity index (χ2v) is 13.2. The van der Waals surface area contributed by atoms with E-state index in [0.29, 0.717) is 16.2 Å². The summed E-state index contributed by atoms with van der Waals surface area (Å²) in [5.74, 6) is 4.98. The van der Waals surface area contributed by atoms with Crippen molar-refractivity contribution in [1.29, 1.82) is 0 Å². The van der Waals surface area contributed by atoms with Crippen molar-refractivity contribution in [1.82, 2.24) is 0 Å². The summed E-state index contributed by atoms with van der Waals surface area (Å²) in [5.41, 5.74) is 1.54. The first-order valence-electron chi connectivity index (χ1n) is 14.4. The highest BCUT2D eigenvalue weighted by Crippen LogP contribution is 2.75. The van der Waals surface area contributed by atoms with Crippen LogP contribution < -0.4 is 0 Å². The molecule has 0 aromatic heterocycles. The van der Waals surface area contributed by atoms with Gasteiger partial charge in [0.15, 0.2) is 0 Å². The van der Waals surface area contributed by atoms with Gasteiger partial charge >= 0.3 is 0 Å². The van der Waals surface area contributed by atoms with Gasteiger partial charge in [-0.05, 0) is 90.8 Å². The van der Waals surface area contributed by atoms with Crippen LogP contribution in [-0.4, -0.2) is 0 Å². The van der Waals surface area contributed by atoms with E-state index in [1.807, 2.05) is 0 Å². The Morgan fingerprint density at radius 2 is 1.10 bits per heavy atom. The molecule has 0 aromatic rings. The Hall–Kier alpha value is 0. The van der Waals surface area contributed by atoms with Crippen molar-refractivity contribution in [2.24, 2.45) is 45.8 Å². The summed E-state index contributed by atoms with van der Waals surface area (Å²) in [4.78, 5) is 0. The van der Waals surface area contributed by atoms with Gasteiger partial charge in [0.25, 0.3) is 0 Å². The maximum absolute atomic E-state index is 2.86. The van der Waals surface area contributed by atoms with Crippen LogP contribution in [0.4, 0.5) is 0 Å². The average Bonchev–Trinajstić information content (AvgIpc) is 2.79. The van der Waals surface area contributed by atoms with Crippen molar-refractivity contribution in [3.8, 4) is 0 Å². The van der Waals surface area contributed by atoms with Gasteiger partial charge in [-0.25, -0.2) is 0 Å². The number of rotatable bonds is 5. The van der Waals surface area contributed by atoms with Gasteiger partial charge < -0.3 is 0 Å². The summed E-state index contributed by atoms with van der Waals surface area (Å²) in [6, 6.07) is 0. The molecule has 0 aromatic carbocycles. The van der Waals surface area contributed by atoms with E-state index in [4.69, 9.17) is 0 Å². The minimum absolute atomic E-state index is 0.459. The Morgan fingerprint density at radius 1 is 0.600 bits per heavy atom. The van der Waals surface area contributed by atoms with E-state index < -0.39 is 0 Å². The van der Waals surface area contributed by atoms with Crippen molar-refractivity contribution in [2.75, 3.05) is 0 Å². The third kappa shape index (κ3) is 3.44. The van der Waals surface area contributed by atoms with E-state index in [0.717, 1.165) is 29.6 Å². The molecule has 4 saturated carbocycles. The molecule has 4 aliphatic carbocycles. The van der Waals surface area contributed by atoms with E-state index in [-0.39, 0.29) is 0 Å². The maximum Gasteiger partial charge on any atom is -0.0210 e. The summed E-state index contributed by atoms with van der Waals surface area (Å²) in [6.07, 6.45) is 25.6. The highest BCUT2D eigenvalue weighted by Gasteiger charge is 2.68. The highest BCUT2D eigenvalue weighted by atomic mass is 14.7. The molecule has 4 fully saturated rings. The molecule has 0 aliphatic heterocycles. The van der Waals surface area contributed by atoms with Crippen LogP contribution in [-0.2, 0) is 0 Å². The number of hydrogen-bond donors (Lipinski definition) is 0. The fourth-order valence-electron chi connectivity index (χ4n) is 10.3. The van der Waals surface area contributed by atoms with E-state index in [9.17, 15) is 0 Å². The maximum atomic E-state index is 2.86. The second kappa shape index (κ2) is 9.09. The van der Waals surface area contributed by atoms with Crippen molar-refractivity contribution < 1.29 is 0 Å². The van der Waals surface area contributed by atoms with Crippen molar-refractivity contribution in [2.45, 2.75) is 144 Å². The molecule has 0 heteroatoms. The van der Waals surface area contributed by atoms with E-state index in [2.05, 4.69) is 34.6 Å². The van der Waals surface area contributed by atoms with Crippen LogP contribution in [0.1, 0.15) is 144 Å². The van der Waals surface area contributed by atoms with E-state index in [1.165, 1.54) is 96.3 Å². The summed E-state index contributed by atoms with van der Waals surface area (Å²) in [5, 5.41) is 0. The molecule has 0 saturated heterocycles. The molecule has 174 valence electrons. The van der Waals surface area contributed by atoms with Crippen molar-refractivity contribution >= 4 is 0 Å². The lowest BCUT2D eigenvalue weighted by atomic mass is 9.31. The monoisotopic (exact) mass is 414 g/mol. The number of fused-ring (bicyclic) bond motifs is 1. The Morgan fingerprint density at radius 3 is 1.67 bits per heavy atom. The molecule has 4 rings (SSSR count). The Labute approximate surface area is 189 Å². The Kier molecular flexibility index (Phi) is 7.02. The van der Waals surface area contributed by atoms with Gasteiger partial charge in [-0.1, -0.05) is 98.8 Å². The smallest absolute Gasteiger partial charge is 0.0210 e. The van der Waals surface area contributed by atoms with E-state index >= 15 is 0 Å². The predicted molar refractivity (Wildman–Crippen MR) is 132 cm³/mol. The number of hydrogen-bond acceptors (Lipinski definition) is 0. The molecular weight excluding hydrogens is 360 g/mol. The molecule has 0 radical (unpaired) electrons. The molecule has 5 unspecified atom stereocenters. The molecule has 0 amide bonds. The van der Waals surface area contributed by atoms with Crippen LogP contribution >= 0.6 is 0 Å². The minimum atomic E-state index is 0.459. The van der Waals surface area contributed by atoms with Crippen LogP contribution in [0.3, 0.4) is 0 Å². The predicted octanol–water partition coefficient (Wildman–Crippen LogP) is 9.81. The van der Waals surface area contributed by atoms with Crippen molar-refractivity contribution in [3.63, 3.8) is 0 Å². The molecule has 0 spiro atoms. The largest absolute Gasteiger partial charge is 0.0654 e. The van der Waals surface area contributed by atoms with Gasteiger partial charge in [0.05, 0.1) is 0 Å². The van der Waals surface area contributed by atoms with Gasteiger partial charge in [0.1, 0.15) is 0 Å².